The van der Waals surface area contributed by atoms with Gasteiger partial charge < -0.3 is 20.3 Å². The third-order valence-corrected chi connectivity index (χ3v) is 4.13. The molecule has 2 heterocycles. The topological polar surface area (TPSA) is 75.9 Å². The van der Waals surface area contributed by atoms with Crippen LogP contribution in [0.25, 0.3) is 0 Å². The Morgan fingerprint density at radius 3 is 2.43 bits per heavy atom. The fourth-order valence-corrected chi connectivity index (χ4v) is 3.01. The van der Waals surface area contributed by atoms with Crippen molar-refractivity contribution < 1.29 is 14.3 Å². The Balaban J connectivity index is 1.83. The summed E-state index contributed by atoms with van der Waals surface area (Å²) in [7, 11) is 0. The Kier molecular flexibility index (Phi) is 4.76. The molecule has 120 valence electrons. The van der Waals surface area contributed by atoms with Crippen molar-refractivity contribution in [2.24, 2.45) is 11.7 Å². The highest BCUT2D eigenvalue weighted by Crippen LogP contribution is 2.25. The molecule has 6 nitrogen and oxygen atoms in total. The molecule has 0 radical (unpaired) electrons. The van der Waals surface area contributed by atoms with Crippen LogP contribution < -0.4 is 5.73 Å². The maximum Gasteiger partial charge on any atom is 0.410 e. The fraction of sp³-hybridized carbons (Fsp3) is 0.867. The summed E-state index contributed by atoms with van der Waals surface area (Å²) in [5.74, 6) is 0.502. The first-order chi connectivity index (χ1) is 9.80. The maximum atomic E-state index is 12.0. The lowest BCUT2D eigenvalue weighted by Gasteiger charge is -2.37. The lowest BCUT2D eigenvalue weighted by Crippen LogP contribution is -2.48. The van der Waals surface area contributed by atoms with Crippen molar-refractivity contribution in [3.63, 3.8) is 0 Å². The van der Waals surface area contributed by atoms with E-state index in [-0.39, 0.29) is 18.0 Å². The normalized spacial score (nSPS) is 24.6. The predicted molar refractivity (Wildman–Crippen MR) is 79.7 cm³/mol. The van der Waals surface area contributed by atoms with Crippen LogP contribution in [0.5, 0.6) is 0 Å². The molecule has 0 aliphatic carbocycles. The number of carbonyl (C=O) groups is 2. The second kappa shape index (κ2) is 6.22. The number of nitrogens with two attached hydrogens (primary N) is 1. The summed E-state index contributed by atoms with van der Waals surface area (Å²) >= 11 is 0. The molecule has 2 saturated heterocycles. The number of rotatable bonds is 2. The molecule has 2 amide bonds. The van der Waals surface area contributed by atoms with Gasteiger partial charge in [-0.2, -0.15) is 0 Å². The SMILES string of the molecule is CC(C)(C)OC(=O)N1CCC(N2CC(CN)CC2=O)CC1. The summed E-state index contributed by atoms with van der Waals surface area (Å²) in [6.45, 7) is 8.24. The van der Waals surface area contributed by atoms with E-state index >= 15 is 0 Å². The van der Waals surface area contributed by atoms with Gasteiger partial charge in [-0.1, -0.05) is 0 Å². The van der Waals surface area contributed by atoms with Crippen LogP contribution in [-0.4, -0.2) is 59.6 Å². The highest BCUT2D eigenvalue weighted by atomic mass is 16.6. The van der Waals surface area contributed by atoms with Crippen molar-refractivity contribution in [2.75, 3.05) is 26.2 Å². The molecule has 0 bridgehead atoms. The molecular formula is C15H27N3O3. The molecular weight excluding hydrogens is 270 g/mol. The van der Waals surface area contributed by atoms with Crippen molar-refractivity contribution in [3.05, 3.63) is 0 Å². The van der Waals surface area contributed by atoms with Gasteiger partial charge in [0.25, 0.3) is 0 Å². The van der Waals surface area contributed by atoms with Crippen LogP contribution in [0.2, 0.25) is 0 Å². The van der Waals surface area contributed by atoms with E-state index in [0.717, 1.165) is 19.4 Å². The second-order valence-corrected chi connectivity index (χ2v) is 7.05. The molecule has 6 heteroatoms. The Hall–Kier alpha value is -1.30. The summed E-state index contributed by atoms with van der Waals surface area (Å²) < 4.78 is 5.38. The third-order valence-electron chi connectivity index (χ3n) is 4.13. The van der Waals surface area contributed by atoms with Crippen LogP contribution in [0, 0.1) is 5.92 Å². The first-order valence-electron chi connectivity index (χ1n) is 7.77. The van der Waals surface area contributed by atoms with E-state index in [1.807, 2.05) is 25.7 Å². The largest absolute Gasteiger partial charge is 0.444 e. The highest BCUT2D eigenvalue weighted by Gasteiger charge is 2.36. The van der Waals surface area contributed by atoms with Crippen molar-refractivity contribution in [2.45, 2.75) is 51.7 Å². The number of ether oxygens (including phenoxy) is 1. The average molecular weight is 297 g/mol. The van der Waals surface area contributed by atoms with Crippen molar-refractivity contribution in [1.29, 1.82) is 0 Å². The monoisotopic (exact) mass is 297 g/mol. The molecule has 2 aliphatic rings. The molecule has 0 aromatic carbocycles. The number of nitrogens with zero attached hydrogens (tertiary/aromatic N) is 2. The van der Waals surface area contributed by atoms with E-state index in [1.54, 1.807) is 4.90 Å². The highest BCUT2D eigenvalue weighted by molar-refractivity contribution is 5.79. The average Bonchev–Trinajstić information content (AvgIpc) is 2.78. The molecule has 1 unspecified atom stereocenters. The van der Waals surface area contributed by atoms with Gasteiger partial charge in [-0.3, -0.25) is 4.79 Å². The Morgan fingerprint density at radius 1 is 1.33 bits per heavy atom. The molecule has 1 atom stereocenters. The maximum absolute atomic E-state index is 12.0. The van der Waals surface area contributed by atoms with Gasteiger partial charge in [-0.15, -0.1) is 0 Å². The first-order valence-corrected chi connectivity index (χ1v) is 7.77. The standard InChI is InChI=1S/C15H27N3O3/c1-15(2,3)21-14(20)17-6-4-12(5-7-17)18-10-11(9-16)8-13(18)19/h11-12H,4-10,16H2,1-3H3. The summed E-state index contributed by atoms with van der Waals surface area (Å²) in [5.41, 5.74) is 5.19. The van der Waals surface area contributed by atoms with E-state index in [0.29, 0.717) is 32.0 Å². The van der Waals surface area contributed by atoms with Gasteiger partial charge in [0.05, 0.1) is 0 Å². The Labute approximate surface area is 126 Å². The molecule has 0 aromatic rings. The van der Waals surface area contributed by atoms with E-state index in [9.17, 15) is 9.59 Å². The van der Waals surface area contributed by atoms with Crippen LogP contribution in [0.15, 0.2) is 0 Å². The van der Waals surface area contributed by atoms with Gasteiger partial charge >= 0.3 is 6.09 Å². The van der Waals surface area contributed by atoms with E-state index in [2.05, 4.69) is 0 Å². The molecule has 0 aromatic heterocycles. The van der Waals surface area contributed by atoms with Crippen LogP contribution in [0.4, 0.5) is 4.79 Å². The van der Waals surface area contributed by atoms with E-state index in [4.69, 9.17) is 10.5 Å². The minimum atomic E-state index is -0.465. The second-order valence-electron chi connectivity index (χ2n) is 7.05. The summed E-state index contributed by atoms with van der Waals surface area (Å²) in [4.78, 5) is 27.7. The van der Waals surface area contributed by atoms with E-state index in [1.165, 1.54) is 0 Å². The quantitative estimate of drug-likeness (QED) is 0.831. The van der Waals surface area contributed by atoms with Gasteiger partial charge in [0.2, 0.25) is 5.91 Å². The number of carbonyl (C=O) groups excluding carboxylic acids is 2. The van der Waals surface area contributed by atoms with Crippen LogP contribution in [-0.2, 0) is 9.53 Å². The smallest absolute Gasteiger partial charge is 0.410 e. The number of likely N-dealkylation sites (tertiary alicyclic amines) is 2. The summed E-state index contributed by atoms with van der Waals surface area (Å²) in [6.07, 6.45) is 1.96. The molecule has 0 spiro atoms. The summed E-state index contributed by atoms with van der Waals surface area (Å²) in [6, 6.07) is 0.243. The number of piperidine rings is 1. The van der Waals surface area contributed by atoms with Crippen LogP contribution in [0.1, 0.15) is 40.0 Å². The minimum absolute atomic E-state index is 0.209. The first kappa shape index (κ1) is 16.1. The molecule has 2 aliphatic heterocycles. The number of amides is 2. The zero-order valence-electron chi connectivity index (χ0n) is 13.3. The van der Waals surface area contributed by atoms with Gasteiger partial charge in [0.1, 0.15) is 5.60 Å². The molecule has 0 saturated carbocycles. The van der Waals surface area contributed by atoms with Crippen molar-refractivity contribution >= 4 is 12.0 Å². The Bertz CT molecular complexity index is 397. The predicted octanol–water partition coefficient (Wildman–Crippen LogP) is 1.19. The van der Waals surface area contributed by atoms with Gasteiger partial charge in [-0.25, -0.2) is 4.79 Å². The third kappa shape index (κ3) is 4.09. The minimum Gasteiger partial charge on any atom is -0.444 e. The lowest BCUT2D eigenvalue weighted by atomic mass is 10.0. The molecule has 21 heavy (non-hydrogen) atoms. The van der Waals surface area contributed by atoms with Crippen molar-refractivity contribution in [3.8, 4) is 0 Å². The zero-order chi connectivity index (χ0) is 15.6. The fourth-order valence-electron chi connectivity index (χ4n) is 3.01. The zero-order valence-corrected chi connectivity index (χ0v) is 13.3. The number of hydrogen-bond donors (Lipinski definition) is 1. The Morgan fingerprint density at radius 2 is 1.95 bits per heavy atom. The van der Waals surface area contributed by atoms with Gasteiger partial charge in [0.15, 0.2) is 0 Å². The molecule has 2 fully saturated rings. The van der Waals surface area contributed by atoms with E-state index < -0.39 is 5.60 Å². The van der Waals surface area contributed by atoms with Gasteiger partial charge in [0, 0.05) is 32.1 Å². The van der Waals surface area contributed by atoms with Crippen molar-refractivity contribution in [1.82, 2.24) is 9.80 Å². The van der Waals surface area contributed by atoms with Gasteiger partial charge in [-0.05, 0) is 46.1 Å². The van der Waals surface area contributed by atoms with Crippen LogP contribution in [0.3, 0.4) is 0 Å². The van der Waals surface area contributed by atoms with Crippen LogP contribution >= 0.6 is 0 Å². The lowest BCUT2D eigenvalue weighted by molar-refractivity contribution is -0.130. The number of hydrogen-bond acceptors (Lipinski definition) is 4. The molecule has 2 N–H and O–H groups in total. The molecule has 2 rings (SSSR count). The summed E-state index contributed by atoms with van der Waals surface area (Å²) in [5, 5.41) is 0.